The van der Waals surface area contributed by atoms with Crippen molar-refractivity contribution in [2.75, 3.05) is 0 Å². The predicted molar refractivity (Wildman–Crippen MR) is 139 cm³/mol. The molecule has 0 spiro atoms. The average molecular weight is 658 g/mol. The van der Waals surface area contributed by atoms with Gasteiger partial charge < -0.3 is 29.9 Å². The van der Waals surface area contributed by atoms with E-state index in [1.165, 1.54) is 0 Å². The third-order valence-electron chi connectivity index (χ3n) is 4.64. The van der Waals surface area contributed by atoms with Gasteiger partial charge in [-0.1, -0.05) is 128 Å². The second kappa shape index (κ2) is 15.5. The minimum Gasteiger partial charge on any atom is -0.369 e. The van der Waals surface area contributed by atoms with Crippen LogP contribution in [0.4, 0.5) is 0 Å². The fourth-order valence-corrected chi connectivity index (χ4v) is 2.98. The Bertz CT molecular complexity index is 1100. The van der Waals surface area contributed by atoms with E-state index in [4.69, 9.17) is 0 Å². The summed E-state index contributed by atoms with van der Waals surface area (Å²) in [5, 5.41) is 0. The van der Waals surface area contributed by atoms with Crippen LogP contribution in [0.1, 0.15) is 0 Å². The summed E-state index contributed by atoms with van der Waals surface area (Å²) in [5.41, 5.74) is 3.07. The molecule has 6 rings (SSSR count). The standard InChI is InChI=1S/3C10H7N2.Ir/c3*1-2-5-9(6-3-1)10-11-7-4-8-12-10;/h3*1-7H;/q3*-1;+3. The molecule has 7 heteroatoms. The first-order valence-corrected chi connectivity index (χ1v) is 11.1. The zero-order valence-electron chi connectivity index (χ0n) is 19.6. The number of rotatable bonds is 3. The number of benzene rings is 3. The van der Waals surface area contributed by atoms with Gasteiger partial charge in [-0.15, -0.1) is 18.2 Å². The molecule has 0 fully saturated rings. The molecule has 3 heterocycles. The molecule has 0 saturated heterocycles. The Morgan fingerprint density at radius 3 is 0.865 bits per heavy atom. The van der Waals surface area contributed by atoms with E-state index in [2.05, 4.69) is 48.5 Å². The molecule has 6 aromatic rings. The van der Waals surface area contributed by atoms with Crippen LogP contribution in [0.25, 0.3) is 34.2 Å². The Labute approximate surface area is 230 Å². The van der Waals surface area contributed by atoms with Gasteiger partial charge in [0, 0.05) is 17.5 Å². The van der Waals surface area contributed by atoms with Crippen molar-refractivity contribution in [2.45, 2.75) is 0 Å². The van der Waals surface area contributed by atoms with Crippen molar-refractivity contribution < 1.29 is 20.1 Å². The maximum atomic E-state index is 4.11. The average Bonchev–Trinajstić information content (AvgIpc) is 3.01. The molecule has 0 aliphatic heterocycles. The first-order chi connectivity index (χ1) is 17.9. The zero-order valence-corrected chi connectivity index (χ0v) is 22.0. The monoisotopic (exact) mass is 658 g/mol. The van der Waals surface area contributed by atoms with Gasteiger partial charge in [0.15, 0.2) is 0 Å². The third kappa shape index (κ3) is 8.93. The van der Waals surface area contributed by atoms with Crippen LogP contribution in [0.5, 0.6) is 0 Å². The van der Waals surface area contributed by atoms with Gasteiger partial charge in [0.1, 0.15) is 0 Å². The SMILES string of the molecule is [Ir+3].[c-]1ccnc(-c2ccccc2)n1.[c-]1ccnc(-c2ccccc2)n1.[c-]1ccnc(-c2ccccc2)n1. The van der Waals surface area contributed by atoms with Gasteiger partial charge in [-0.3, -0.25) is 0 Å². The largest absolute Gasteiger partial charge is 3.00 e. The van der Waals surface area contributed by atoms with Crippen molar-refractivity contribution in [1.29, 1.82) is 0 Å². The fraction of sp³-hybridized carbons (Fsp3) is 0. The van der Waals surface area contributed by atoms with E-state index in [1.807, 2.05) is 91.0 Å². The van der Waals surface area contributed by atoms with Gasteiger partial charge in [0.25, 0.3) is 0 Å². The van der Waals surface area contributed by atoms with Crippen molar-refractivity contribution in [3.05, 3.63) is 146 Å². The summed E-state index contributed by atoms with van der Waals surface area (Å²) in [6.45, 7) is 0. The second-order valence-electron chi connectivity index (χ2n) is 7.13. The van der Waals surface area contributed by atoms with Crippen LogP contribution in [-0.4, -0.2) is 29.9 Å². The summed E-state index contributed by atoms with van der Waals surface area (Å²) in [6.07, 6.45) is 13.3. The number of aromatic nitrogens is 6. The maximum Gasteiger partial charge on any atom is 3.00 e. The number of nitrogens with zero attached hydrogens (tertiary/aromatic N) is 6. The van der Waals surface area contributed by atoms with Crippen LogP contribution < -0.4 is 0 Å². The van der Waals surface area contributed by atoms with Crippen LogP contribution >= 0.6 is 0 Å². The van der Waals surface area contributed by atoms with Gasteiger partial charge in [0.05, 0.1) is 0 Å². The topological polar surface area (TPSA) is 77.3 Å². The Balaban J connectivity index is 0.000000152. The summed E-state index contributed by atoms with van der Waals surface area (Å²) in [7, 11) is 0. The van der Waals surface area contributed by atoms with E-state index < -0.39 is 0 Å². The van der Waals surface area contributed by atoms with E-state index in [0.717, 1.165) is 34.2 Å². The minimum absolute atomic E-state index is 0. The molecular weight excluding hydrogens is 637 g/mol. The normalized spacial score (nSPS) is 9.41. The summed E-state index contributed by atoms with van der Waals surface area (Å²) in [4.78, 5) is 24.4. The molecule has 0 unspecified atom stereocenters. The first-order valence-electron chi connectivity index (χ1n) is 11.1. The fourth-order valence-electron chi connectivity index (χ4n) is 2.98. The van der Waals surface area contributed by atoms with Crippen molar-refractivity contribution in [3.63, 3.8) is 0 Å². The van der Waals surface area contributed by atoms with Gasteiger partial charge in [-0.2, -0.15) is 0 Å². The molecular formula is C30H21IrN6. The van der Waals surface area contributed by atoms with E-state index in [-0.39, 0.29) is 20.1 Å². The molecule has 0 atom stereocenters. The van der Waals surface area contributed by atoms with E-state index in [0.29, 0.717) is 0 Å². The van der Waals surface area contributed by atoms with E-state index >= 15 is 0 Å². The molecule has 0 radical (unpaired) electrons. The van der Waals surface area contributed by atoms with Crippen LogP contribution in [0.2, 0.25) is 0 Å². The molecule has 0 amide bonds. The van der Waals surface area contributed by atoms with Crippen molar-refractivity contribution in [3.8, 4) is 34.2 Å². The zero-order chi connectivity index (χ0) is 24.7. The molecule has 0 N–H and O–H groups in total. The smallest absolute Gasteiger partial charge is 0.369 e. The number of hydrogen-bond donors (Lipinski definition) is 0. The van der Waals surface area contributed by atoms with Crippen LogP contribution in [0.15, 0.2) is 128 Å². The van der Waals surface area contributed by atoms with Crippen LogP contribution in [0, 0.1) is 18.6 Å². The Hall–Kier alpha value is -4.45. The predicted octanol–water partition coefficient (Wildman–Crippen LogP) is 5.83. The Morgan fingerprint density at radius 2 is 0.649 bits per heavy atom. The first kappa shape index (κ1) is 27.1. The van der Waals surface area contributed by atoms with Gasteiger partial charge in [-0.05, 0) is 16.7 Å². The summed E-state index contributed by atoms with van der Waals surface area (Å²) < 4.78 is 0. The van der Waals surface area contributed by atoms with Gasteiger partial charge in [0.2, 0.25) is 0 Å². The summed E-state index contributed by atoms with van der Waals surface area (Å²) >= 11 is 0. The van der Waals surface area contributed by atoms with Gasteiger partial charge in [-0.25, -0.2) is 0 Å². The van der Waals surface area contributed by atoms with Crippen LogP contribution in [-0.2, 0) is 20.1 Å². The molecule has 37 heavy (non-hydrogen) atoms. The van der Waals surface area contributed by atoms with Crippen LogP contribution in [0.3, 0.4) is 0 Å². The quantitative estimate of drug-likeness (QED) is 0.223. The second-order valence-corrected chi connectivity index (χ2v) is 7.13. The molecule has 3 aromatic heterocycles. The maximum absolute atomic E-state index is 4.11. The molecule has 0 aliphatic rings. The van der Waals surface area contributed by atoms with E-state index in [1.54, 1.807) is 36.8 Å². The molecule has 180 valence electrons. The van der Waals surface area contributed by atoms with Gasteiger partial charge >= 0.3 is 20.1 Å². The molecule has 0 bridgehead atoms. The third-order valence-corrected chi connectivity index (χ3v) is 4.64. The number of hydrogen-bond acceptors (Lipinski definition) is 6. The minimum atomic E-state index is 0. The molecule has 0 aliphatic carbocycles. The van der Waals surface area contributed by atoms with Crippen molar-refractivity contribution >= 4 is 0 Å². The summed E-state index contributed by atoms with van der Waals surface area (Å²) in [5.74, 6) is 2.16. The van der Waals surface area contributed by atoms with Crippen molar-refractivity contribution in [2.24, 2.45) is 0 Å². The Morgan fingerprint density at radius 1 is 0.378 bits per heavy atom. The molecule has 6 nitrogen and oxygen atoms in total. The van der Waals surface area contributed by atoms with Crippen molar-refractivity contribution in [1.82, 2.24) is 29.9 Å². The summed E-state index contributed by atoms with van der Waals surface area (Å²) in [6, 6.07) is 34.6. The Kier molecular flexibility index (Phi) is 11.4. The van der Waals surface area contributed by atoms with E-state index in [9.17, 15) is 0 Å². The molecule has 3 aromatic carbocycles. The molecule has 0 saturated carbocycles.